The van der Waals surface area contributed by atoms with Gasteiger partial charge in [0.25, 0.3) is 11.6 Å². The van der Waals surface area contributed by atoms with Crippen LogP contribution in [0.5, 0.6) is 0 Å². The first kappa shape index (κ1) is 14.8. The third-order valence-electron chi connectivity index (χ3n) is 3.72. The van der Waals surface area contributed by atoms with Crippen LogP contribution < -0.4 is 0 Å². The molecule has 0 aliphatic rings. The predicted octanol–water partition coefficient (Wildman–Crippen LogP) is 3.31. The molecule has 0 atom stereocenters. The third-order valence-corrected chi connectivity index (χ3v) is 4.73. The van der Waals surface area contributed by atoms with Gasteiger partial charge in [0.15, 0.2) is 0 Å². The van der Waals surface area contributed by atoms with Crippen molar-refractivity contribution < 1.29 is 9.53 Å². The smallest absolute Gasteiger partial charge is 0.378 e. The van der Waals surface area contributed by atoms with Gasteiger partial charge in [-0.1, -0.05) is 18.2 Å². The molecule has 0 saturated carbocycles. The fourth-order valence-electron chi connectivity index (χ4n) is 2.61. The number of thiophene rings is 1. The number of esters is 1. The number of nitrogens with zero attached hydrogens (tertiary/aromatic N) is 4. The van der Waals surface area contributed by atoms with Crippen LogP contribution in [0.1, 0.15) is 27.6 Å². The lowest BCUT2D eigenvalue weighted by Gasteiger charge is -2.01. The summed E-state index contributed by atoms with van der Waals surface area (Å²) in [5.41, 5.74) is 2.68. The van der Waals surface area contributed by atoms with Crippen molar-refractivity contribution in [3.05, 3.63) is 58.5 Å². The molecule has 0 spiro atoms. The predicted molar refractivity (Wildman–Crippen MR) is 91.2 cm³/mol. The Labute approximate surface area is 141 Å². The second kappa shape index (κ2) is 5.68. The van der Waals surface area contributed by atoms with E-state index in [1.54, 1.807) is 15.9 Å². The molecule has 0 bridgehead atoms. The topological polar surface area (TPSA) is 69.4 Å². The second-order valence-electron chi connectivity index (χ2n) is 5.52. The Balaban J connectivity index is 1.57. The summed E-state index contributed by atoms with van der Waals surface area (Å²) in [6, 6.07) is 9.92. The Kier molecular flexibility index (Phi) is 3.50. The first-order chi connectivity index (χ1) is 11.6. The number of fused-ring (bicyclic) bond motifs is 2. The minimum absolute atomic E-state index is 0.0238. The van der Waals surface area contributed by atoms with Crippen LogP contribution >= 0.6 is 11.3 Å². The molecular weight excluding hydrogens is 324 g/mol. The normalized spacial score (nSPS) is 11.2. The maximum Gasteiger partial charge on any atom is 0.378 e. The Morgan fingerprint density at radius 3 is 2.96 bits per heavy atom. The van der Waals surface area contributed by atoms with E-state index in [0.717, 1.165) is 22.3 Å². The number of hydrogen-bond donors (Lipinski definition) is 0. The van der Waals surface area contributed by atoms with Crippen LogP contribution in [0, 0.1) is 13.8 Å². The minimum Gasteiger partial charge on any atom is -0.455 e. The van der Waals surface area contributed by atoms with Gasteiger partial charge in [0.2, 0.25) is 0 Å². The molecule has 3 heterocycles. The van der Waals surface area contributed by atoms with Crippen LogP contribution in [0.25, 0.3) is 15.9 Å². The zero-order valence-corrected chi connectivity index (χ0v) is 14.0. The van der Waals surface area contributed by atoms with Gasteiger partial charge < -0.3 is 4.74 Å². The van der Waals surface area contributed by atoms with Crippen LogP contribution in [-0.4, -0.2) is 25.6 Å². The molecule has 4 aromatic rings. The monoisotopic (exact) mass is 338 g/mol. The summed E-state index contributed by atoms with van der Waals surface area (Å²) in [7, 11) is 0. The van der Waals surface area contributed by atoms with E-state index in [9.17, 15) is 4.79 Å². The Morgan fingerprint density at radius 1 is 1.25 bits per heavy atom. The average molecular weight is 338 g/mol. The molecule has 0 aliphatic heterocycles. The highest BCUT2D eigenvalue weighted by Gasteiger charge is 2.17. The summed E-state index contributed by atoms with van der Waals surface area (Å²) in [4.78, 5) is 20.7. The van der Waals surface area contributed by atoms with Crippen molar-refractivity contribution in [2.45, 2.75) is 20.5 Å². The van der Waals surface area contributed by atoms with Crippen LogP contribution in [0.4, 0.5) is 0 Å². The van der Waals surface area contributed by atoms with E-state index < -0.39 is 5.97 Å². The maximum absolute atomic E-state index is 12.3. The molecule has 0 saturated heterocycles. The number of aryl methyl sites for hydroxylation is 2. The number of rotatable bonds is 3. The van der Waals surface area contributed by atoms with Gasteiger partial charge in [-0.05, 0) is 36.7 Å². The second-order valence-corrected chi connectivity index (χ2v) is 6.43. The summed E-state index contributed by atoms with van der Waals surface area (Å²) in [6.07, 6.45) is 0. The van der Waals surface area contributed by atoms with E-state index in [-0.39, 0.29) is 12.4 Å². The first-order valence-electron chi connectivity index (χ1n) is 7.45. The molecular formula is C17H14N4O2S. The number of ether oxygens (including phenoxy) is 1. The van der Waals surface area contributed by atoms with Crippen molar-refractivity contribution >= 4 is 33.2 Å². The molecule has 0 unspecified atom stereocenters. The summed E-state index contributed by atoms with van der Waals surface area (Å²) < 4.78 is 8.10. The molecule has 0 radical (unpaired) electrons. The van der Waals surface area contributed by atoms with Gasteiger partial charge in [-0.25, -0.2) is 14.3 Å². The molecule has 7 heteroatoms. The fraction of sp³-hybridized carbons (Fsp3) is 0.176. The summed E-state index contributed by atoms with van der Waals surface area (Å²) in [5.74, 6) is -0.121. The van der Waals surface area contributed by atoms with Gasteiger partial charge >= 0.3 is 5.97 Å². The minimum atomic E-state index is -0.548. The quantitative estimate of drug-likeness (QED) is 0.536. The summed E-state index contributed by atoms with van der Waals surface area (Å²) in [6.45, 7) is 3.97. The third kappa shape index (κ3) is 2.52. The number of carbonyl (C=O) groups excluding carboxylic acids is 1. The van der Waals surface area contributed by atoms with Crippen LogP contribution in [-0.2, 0) is 11.3 Å². The van der Waals surface area contributed by atoms with Gasteiger partial charge in [0.05, 0.1) is 0 Å². The number of hydrogen-bond acceptors (Lipinski definition) is 6. The standard InChI is InChI=1S/C17H14N4O2S/c1-10-7-11(2)21-17(18-10)19-15(20-21)16(22)23-8-12-9-24-14-6-4-3-5-13(12)14/h3-7,9H,8H2,1-2H3. The molecule has 0 N–H and O–H groups in total. The van der Waals surface area contributed by atoms with Crippen LogP contribution in [0.2, 0.25) is 0 Å². The summed E-state index contributed by atoms with van der Waals surface area (Å²) >= 11 is 1.63. The van der Waals surface area contributed by atoms with E-state index in [4.69, 9.17) is 4.74 Å². The van der Waals surface area contributed by atoms with Gasteiger partial charge in [-0.15, -0.1) is 16.4 Å². The van der Waals surface area contributed by atoms with Gasteiger partial charge in [-0.3, -0.25) is 0 Å². The molecule has 6 nitrogen and oxygen atoms in total. The Hall–Kier alpha value is -2.80. The van der Waals surface area contributed by atoms with E-state index in [1.807, 2.05) is 49.6 Å². The van der Waals surface area contributed by atoms with Crippen molar-refractivity contribution in [3.8, 4) is 0 Å². The van der Waals surface area contributed by atoms with E-state index in [1.165, 1.54) is 4.70 Å². The molecule has 4 rings (SSSR count). The molecule has 0 aliphatic carbocycles. The van der Waals surface area contributed by atoms with Crippen molar-refractivity contribution in [1.29, 1.82) is 0 Å². The van der Waals surface area contributed by atoms with Crippen LogP contribution in [0.3, 0.4) is 0 Å². The highest BCUT2D eigenvalue weighted by molar-refractivity contribution is 7.17. The highest BCUT2D eigenvalue weighted by atomic mass is 32.1. The molecule has 120 valence electrons. The molecule has 24 heavy (non-hydrogen) atoms. The molecule has 3 aromatic heterocycles. The Morgan fingerprint density at radius 2 is 2.08 bits per heavy atom. The van der Waals surface area contributed by atoms with E-state index in [2.05, 4.69) is 15.1 Å². The highest BCUT2D eigenvalue weighted by Crippen LogP contribution is 2.26. The SMILES string of the molecule is Cc1cc(C)n2nc(C(=O)OCc3csc4ccccc34)nc2n1. The van der Waals surface area contributed by atoms with Gasteiger partial charge in [0.1, 0.15) is 6.61 Å². The van der Waals surface area contributed by atoms with Crippen molar-refractivity contribution in [2.24, 2.45) is 0 Å². The van der Waals surface area contributed by atoms with Crippen molar-refractivity contribution in [3.63, 3.8) is 0 Å². The lowest BCUT2D eigenvalue weighted by molar-refractivity contribution is 0.0460. The van der Waals surface area contributed by atoms with Gasteiger partial charge in [-0.2, -0.15) is 4.98 Å². The van der Waals surface area contributed by atoms with E-state index in [0.29, 0.717) is 5.78 Å². The molecule has 0 fully saturated rings. The zero-order chi connectivity index (χ0) is 16.7. The Bertz CT molecular complexity index is 1070. The van der Waals surface area contributed by atoms with Crippen LogP contribution in [0.15, 0.2) is 35.7 Å². The number of carbonyl (C=O) groups is 1. The lowest BCUT2D eigenvalue weighted by atomic mass is 10.2. The average Bonchev–Trinajstić information content (AvgIpc) is 3.17. The molecule has 0 amide bonds. The van der Waals surface area contributed by atoms with Crippen molar-refractivity contribution in [2.75, 3.05) is 0 Å². The first-order valence-corrected chi connectivity index (χ1v) is 8.33. The fourth-order valence-corrected chi connectivity index (χ4v) is 3.55. The maximum atomic E-state index is 12.3. The number of benzene rings is 1. The summed E-state index contributed by atoms with van der Waals surface area (Å²) in [5, 5.41) is 7.29. The lowest BCUT2D eigenvalue weighted by Crippen LogP contribution is -2.07. The number of aromatic nitrogens is 4. The van der Waals surface area contributed by atoms with E-state index >= 15 is 0 Å². The van der Waals surface area contributed by atoms with Gasteiger partial charge in [0, 0.05) is 21.7 Å². The largest absolute Gasteiger partial charge is 0.455 e. The zero-order valence-electron chi connectivity index (χ0n) is 13.2. The van der Waals surface area contributed by atoms with Crippen molar-refractivity contribution in [1.82, 2.24) is 19.6 Å². The molecule has 1 aromatic carbocycles.